The van der Waals surface area contributed by atoms with Crippen LogP contribution < -0.4 is 4.74 Å². The van der Waals surface area contributed by atoms with E-state index >= 15 is 0 Å². The van der Waals surface area contributed by atoms with Gasteiger partial charge in [-0.1, -0.05) is 89.3 Å². The molecule has 0 saturated carbocycles. The van der Waals surface area contributed by atoms with Crippen LogP contribution in [-0.4, -0.2) is 20.7 Å². The predicted molar refractivity (Wildman–Crippen MR) is 114 cm³/mol. The minimum atomic E-state index is -0.0102. The van der Waals surface area contributed by atoms with Gasteiger partial charge in [-0.05, 0) is 24.8 Å². The van der Waals surface area contributed by atoms with Crippen molar-refractivity contribution in [2.75, 3.05) is 5.75 Å². The second-order valence-electron chi connectivity index (χ2n) is 8.02. The third-order valence-corrected chi connectivity index (χ3v) is 5.35. The van der Waals surface area contributed by atoms with Crippen LogP contribution in [0.25, 0.3) is 0 Å². The Balaban J connectivity index is 1.94. The molecule has 0 fully saturated rings. The summed E-state index contributed by atoms with van der Waals surface area (Å²) in [6.45, 7) is 10.9. The fourth-order valence-corrected chi connectivity index (χ4v) is 3.64. The lowest BCUT2D eigenvalue weighted by Gasteiger charge is -2.22. The Hall–Kier alpha value is -1.62. The Kier molecular flexibility index (Phi) is 8.55. The van der Waals surface area contributed by atoms with E-state index in [1.807, 2.05) is 6.07 Å². The lowest BCUT2D eigenvalue weighted by Crippen LogP contribution is -2.13. The molecule has 0 unspecified atom stereocenters. The summed E-state index contributed by atoms with van der Waals surface area (Å²) in [7, 11) is 0. The van der Waals surface area contributed by atoms with Crippen LogP contribution in [-0.2, 0) is 5.41 Å². The van der Waals surface area contributed by atoms with E-state index in [4.69, 9.17) is 4.74 Å². The molecule has 1 aromatic heterocycles. The Bertz CT molecular complexity index is 713. The summed E-state index contributed by atoms with van der Waals surface area (Å²) in [4.78, 5) is 13.0. The van der Waals surface area contributed by atoms with Crippen molar-refractivity contribution in [3.63, 3.8) is 0 Å². The van der Waals surface area contributed by atoms with E-state index in [9.17, 15) is 0 Å². The molecule has 0 amide bonds. The molecule has 0 aliphatic rings. The minimum absolute atomic E-state index is 0.0102. The molecule has 1 aromatic carbocycles. The molecule has 27 heavy (non-hydrogen) atoms. The number of thioether (sulfide) groups is 1. The van der Waals surface area contributed by atoms with Gasteiger partial charge >= 0.3 is 6.01 Å². The number of hydrogen-bond acceptors (Lipinski definition) is 5. The Labute approximate surface area is 168 Å². The molecule has 2 aromatic rings. The highest BCUT2D eigenvalue weighted by Gasteiger charge is 2.20. The highest BCUT2D eigenvalue weighted by atomic mass is 32.2. The molecule has 148 valence electrons. The van der Waals surface area contributed by atoms with E-state index < -0.39 is 0 Å². The molecule has 0 aliphatic heterocycles. The van der Waals surface area contributed by atoms with E-state index in [0.717, 1.165) is 22.2 Å². The van der Waals surface area contributed by atoms with Gasteiger partial charge in [-0.15, -0.1) is 0 Å². The monoisotopic (exact) mass is 387 g/mol. The topological polar surface area (TPSA) is 47.9 Å². The highest BCUT2D eigenvalue weighted by molar-refractivity contribution is 7.99. The van der Waals surface area contributed by atoms with Crippen LogP contribution >= 0.6 is 11.8 Å². The van der Waals surface area contributed by atoms with Crippen LogP contribution in [0, 0.1) is 6.92 Å². The quantitative estimate of drug-likeness (QED) is 0.334. The van der Waals surface area contributed by atoms with Gasteiger partial charge in [0.25, 0.3) is 0 Å². The summed E-state index contributed by atoms with van der Waals surface area (Å²) < 4.78 is 6.03. The number of hydrogen-bond donors (Lipinski definition) is 0. The number of unbranched alkanes of at least 4 members (excludes halogenated alkanes) is 5. The number of aryl methyl sites for hydroxylation is 1. The standard InChI is InChI=1S/C22H33N3OS/c1-6-7-8-9-10-11-14-27-21-24-16-23-20(25-21)26-19-13-12-17(2)15-18(19)22(3,4)5/h12-13,15-16H,6-11,14H2,1-5H3. The third kappa shape index (κ3) is 7.49. The van der Waals surface area contributed by atoms with Gasteiger partial charge in [0.15, 0.2) is 5.16 Å². The maximum absolute atomic E-state index is 6.03. The second kappa shape index (κ2) is 10.6. The van der Waals surface area contributed by atoms with Crippen LogP contribution in [0.4, 0.5) is 0 Å². The highest BCUT2D eigenvalue weighted by Crippen LogP contribution is 2.34. The van der Waals surface area contributed by atoms with Crippen LogP contribution in [0.15, 0.2) is 29.7 Å². The molecule has 0 saturated heterocycles. The molecule has 0 spiro atoms. The molecule has 0 radical (unpaired) electrons. The average Bonchev–Trinajstić information content (AvgIpc) is 2.62. The lowest BCUT2D eigenvalue weighted by atomic mass is 9.85. The van der Waals surface area contributed by atoms with Gasteiger partial charge < -0.3 is 4.74 Å². The first-order chi connectivity index (χ1) is 12.9. The zero-order valence-electron chi connectivity index (χ0n) is 17.4. The summed E-state index contributed by atoms with van der Waals surface area (Å²) in [5.74, 6) is 1.85. The SMILES string of the molecule is CCCCCCCCSc1ncnc(Oc2ccc(C)cc2C(C)(C)C)n1. The zero-order valence-corrected chi connectivity index (χ0v) is 18.2. The Morgan fingerprint density at radius 1 is 1.00 bits per heavy atom. The van der Waals surface area contributed by atoms with E-state index in [1.165, 1.54) is 50.4 Å². The molecule has 4 nitrogen and oxygen atoms in total. The maximum Gasteiger partial charge on any atom is 0.325 e. The smallest absolute Gasteiger partial charge is 0.325 e. The number of aromatic nitrogens is 3. The van der Waals surface area contributed by atoms with Gasteiger partial charge in [0.05, 0.1) is 0 Å². The average molecular weight is 388 g/mol. The van der Waals surface area contributed by atoms with Crippen molar-refractivity contribution in [1.29, 1.82) is 0 Å². The Morgan fingerprint density at radius 2 is 1.74 bits per heavy atom. The molecule has 0 N–H and O–H groups in total. The summed E-state index contributed by atoms with van der Waals surface area (Å²) in [5.41, 5.74) is 2.37. The maximum atomic E-state index is 6.03. The molecule has 0 atom stereocenters. The largest absolute Gasteiger partial charge is 0.424 e. The first kappa shape index (κ1) is 21.7. The van der Waals surface area contributed by atoms with Crippen LogP contribution in [0.2, 0.25) is 0 Å². The van der Waals surface area contributed by atoms with Crippen molar-refractivity contribution in [2.24, 2.45) is 0 Å². The van der Waals surface area contributed by atoms with Crippen molar-refractivity contribution in [2.45, 2.75) is 83.7 Å². The van der Waals surface area contributed by atoms with Gasteiger partial charge in [-0.3, -0.25) is 0 Å². The van der Waals surface area contributed by atoms with Gasteiger partial charge in [0.1, 0.15) is 12.1 Å². The molecular weight excluding hydrogens is 354 g/mol. The Morgan fingerprint density at radius 3 is 2.48 bits per heavy atom. The van der Waals surface area contributed by atoms with Crippen molar-refractivity contribution in [3.8, 4) is 11.8 Å². The molecule has 1 heterocycles. The van der Waals surface area contributed by atoms with Gasteiger partial charge in [0.2, 0.25) is 0 Å². The normalized spacial score (nSPS) is 11.6. The zero-order chi connectivity index (χ0) is 19.7. The first-order valence-corrected chi connectivity index (χ1v) is 11.0. The van der Waals surface area contributed by atoms with E-state index in [1.54, 1.807) is 11.8 Å². The molecule has 0 bridgehead atoms. The predicted octanol–water partition coefficient (Wildman–Crippen LogP) is 6.72. The van der Waals surface area contributed by atoms with Crippen molar-refractivity contribution < 1.29 is 4.74 Å². The van der Waals surface area contributed by atoms with Crippen LogP contribution in [0.3, 0.4) is 0 Å². The van der Waals surface area contributed by atoms with Gasteiger partial charge in [-0.2, -0.15) is 9.97 Å². The number of rotatable bonds is 10. The van der Waals surface area contributed by atoms with E-state index in [0.29, 0.717) is 6.01 Å². The molecular formula is C22H33N3OS. The summed E-state index contributed by atoms with van der Waals surface area (Å²) in [6.07, 6.45) is 9.32. The van der Waals surface area contributed by atoms with Crippen molar-refractivity contribution in [1.82, 2.24) is 15.0 Å². The van der Waals surface area contributed by atoms with E-state index in [-0.39, 0.29) is 5.41 Å². The third-order valence-electron chi connectivity index (χ3n) is 4.40. The first-order valence-electron chi connectivity index (χ1n) is 10.0. The van der Waals surface area contributed by atoms with Gasteiger partial charge in [-0.25, -0.2) is 4.98 Å². The lowest BCUT2D eigenvalue weighted by molar-refractivity contribution is 0.414. The molecule has 2 rings (SSSR count). The minimum Gasteiger partial charge on any atom is -0.424 e. The summed E-state index contributed by atoms with van der Waals surface area (Å²) >= 11 is 1.68. The van der Waals surface area contributed by atoms with Crippen LogP contribution in [0.5, 0.6) is 11.8 Å². The molecule has 5 heteroatoms. The molecule has 0 aliphatic carbocycles. The summed E-state index contributed by atoms with van der Waals surface area (Å²) in [5, 5.41) is 0.734. The number of benzene rings is 1. The van der Waals surface area contributed by atoms with Crippen molar-refractivity contribution >= 4 is 11.8 Å². The van der Waals surface area contributed by atoms with Crippen molar-refractivity contribution in [3.05, 3.63) is 35.7 Å². The fourth-order valence-electron chi connectivity index (χ4n) is 2.85. The van der Waals surface area contributed by atoms with Gasteiger partial charge in [0, 0.05) is 11.3 Å². The number of ether oxygens (including phenoxy) is 1. The summed E-state index contributed by atoms with van der Waals surface area (Å²) in [6, 6.07) is 6.60. The fraction of sp³-hybridized carbons (Fsp3) is 0.591. The number of nitrogens with zero attached hydrogens (tertiary/aromatic N) is 3. The van der Waals surface area contributed by atoms with E-state index in [2.05, 4.69) is 61.7 Å². The van der Waals surface area contributed by atoms with Crippen LogP contribution in [0.1, 0.15) is 77.3 Å². The second-order valence-corrected chi connectivity index (χ2v) is 9.08.